The maximum absolute atomic E-state index is 3.66. The molecule has 2 rings (SSSR count). The molecule has 0 bridgehead atoms. The summed E-state index contributed by atoms with van der Waals surface area (Å²) in [5, 5.41) is 0. The Morgan fingerprint density at radius 3 is 2.39 bits per heavy atom. The van der Waals surface area contributed by atoms with Crippen LogP contribution in [0.25, 0.3) is 0 Å². The van der Waals surface area contributed by atoms with Crippen LogP contribution in [-0.2, 0) is 0 Å². The van der Waals surface area contributed by atoms with Crippen LogP contribution < -0.4 is 0 Å². The smallest absolute Gasteiger partial charge is 0.0222 e. The second-order valence-corrected chi connectivity index (χ2v) is 7.14. The normalized spacial score (nSPS) is 26.4. The van der Waals surface area contributed by atoms with Crippen LogP contribution in [0.2, 0.25) is 0 Å². The molecule has 0 fully saturated rings. The number of rotatable bonds is 3. The van der Waals surface area contributed by atoms with Gasteiger partial charge >= 0.3 is 0 Å². The Bertz CT molecular complexity index is 350. The van der Waals surface area contributed by atoms with Crippen LogP contribution in [0.1, 0.15) is 79.1 Å². The second kappa shape index (κ2) is 5.23. The first-order valence-corrected chi connectivity index (χ1v) is 7.79. The Balaban J connectivity index is 2.08. The van der Waals surface area contributed by atoms with Gasteiger partial charge in [0.25, 0.3) is 0 Å². The van der Waals surface area contributed by atoms with Gasteiger partial charge in [-0.3, -0.25) is 0 Å². The number of hydrogen-bond donors (Lipinski definition) is 0. The van der Waals surface area contributed by atoms with E-state index in [0.29, 0.717) is 10.8 Å². The van der Waals surface area contributed by atoms with Gasteiger partial charge in [-0.15, -0.1) is 0 Å². The highest BCUT2D eigenvalue weighted by Gasteiger charge is 2.31. The fraction of sp³-hybridized carbons (Fsp3) is 0.778. The molecule has 2 aliphatic carbocycles. The summed E-state index contributed by atoms with van der Waals surface area (Å²) in [6.07, 6.45) is 16.5. The number of allylic oxidation sites excluding steroid dienone is 4. The first kappa shape index (κ1) is 13.9. The average Bonchev–Trinajstić information content (AvgIpc) is 2.38. The van der Waals surface area contributed by atoms with Crippen molar-refractivity contribution >= 4 is 0 Å². The Morgan fingerprint density at radius 1 is 1.17 bits per heavy atom. The largest absolute Gasteiger partial charge is 0.0805 e. The summed E-state index contributed by atoms with van der Waals surface area (Å²) < 4.78 is 0. The van der Waals surface area contributed by atoms with Crippen molar-refractivity contribution in [2.45, 2.75) is 79.1 Å². The quantitative estimate of drug-likeness (QED) is 0.585. The second-order valence-electron chi connectivity index (χ2n) is 7.14. The summed E-state index contributed by atoms with van der Waals surface area (Å²) in [5.41, 5.74) is 4.27. The monoisotopic (exact) mass is 245 g/mol. The zero-order valence-electron chi connectivity index (χ0n) is 12.7. The highest BCUT2D eigenvalue weighted by atomic mass is 14.4. The van der Waals surface area contributed by atoms with Gasteiger partial charge in [0.05, 0.1) is 0 Å². The molecule has 18 heavy (non-hydrogen) atoms. The first-order valence-electron chi connectivity index (χ1n) is 7.79. The topological polar surface area (TPSA) is 0 Å². The molecule has 0 N–H and O–H groups in total. The maximum Gasteiger partial charge on any atom is -0.0222 e. The van der Waals surface area contributed by atoms with Gasteiger partial charge in [0.15, 0.2) is 0 Å². The maximum atomic E-state index is 3.66. The van der Waals surface area contributed by atoms with Crippen molar-refractivity contribution in [2.75, 3.05) is 0 Å². The van der Waals surface area contributed by atoms with E-state index in [2.05, 4.69) is 39.8 Å². The van der Waals surface area contributed by atoms with Gasteiger partial charge in [-0.05, 0) is 66.6 Å². The lowest BCUT2D eigenvalue weighted by Gasteiger charge is -2.37. The third kappa shape index (κ3) is 2.90. The molecule has 0 heteroatoms. The van der Waals surface area contributed by atoms with Crippen molar-refractivity contribution in [1.82, 2.24) is 0 Å². The summed E-state index contributed by atoms with van der Waals surface area (Å²) in [6, 6.07) is 0. The molecule has 0 spiro atoms. The Hall–Kier alpha value is -0.520. The molecule has 0 atom stereocenters. The molecule has 0 aliphatic heterocycles. The van der Waals surface area contributed by atoms with E-state index in [-0.39, 0.29) is 0 Å². The van der Waals surface area contributed by atoms with Crippen LogP contribution in [0.3, 0.4) is 0 Å². The predicted molar refractivity (Wildman–Crippen MR) is 79.3 cm³/mol. The van der Waals surface area contributed by atoms with Crippen LogP contribution in [0, 0.1) is 16.9 Å². The van der Waals surface area contributed by atoms with Gasteiger partial charge in [-0.2, -0.15) is 0 Å². The summed E-state index contributed by atoms with van der Waals surface area (Å²) in [6.45, 7) is 9.52. The zero-order chi connectivity index (χ0) is 13.2. The van der Waals surface area contributed by atoms with Crippen molar-refractivity contribution in [3.05, 3.63) is 23.3 Å². The average molecular weight is 245 g/mol. The first-order chi connectivity index (χ1) is 8.50. The molecule has 0 aromatic rings. The van der Waals surface area contributed by atoms with E-state index in [9.17, 15) is 0 Å². The third-order valence-electron chi connectivity index (χ3n) is 5.39. The van der Waals surface area contributed by atoms with Crippen molar-refractivity contribution < 1.29 is 0 Å². The zero-order valence-corrected chi connectivity index (χ0v) is 12.7. The van der Waals surface area contributed by atoms with E-state index < -0.39 is 0 Å². The molecular formula is C18H29. The minimum absolute atomic E-state index is 0.492. The molecule has 0 aromatic carbocycles. The van der Waals surface area contributed by atoms with E-state index >= 15 is 0 Å². The van der Waals surface area contributed by atoms with Gasteiger partial charge in [0.1, 0.15) is 0 Å². The van der Waals surface area contributed by atoms with Gasteiger partial charge in [0.2, 0.25) is 0 Å². The molecule has 0 unspecified atom stereocenters. The van der Waals surface area contributed by atoms with E-state index in [4.69, 9.17) is 0 Å². The molecule has 101 valence electrons. The lowest BCUT2D eigenvalue weighted by Crippen LogP contribution is -2.23. The van der Waals surface area contributed by atoms with Crippen molar-refractivity contribution in [1.29, 1.82) is 0 Å². The van der Waals surface area contributed by atoms with Gasteiger partial charge in [0, 0.05) is 0 Å². The summed E-state index contributed by atoms with van der Waals surface area (Å²) in [5.74, 6) is 0. The summed E-state index contributed by atoms with van der Waals surface area (Å²) in [7, 11) is 0. The standard InChI is InChI=1S/C18H29/c1-5-18(6-2)12-9-15(10-13-18)16-8-7-11-17(3,4)14-16/h9H,5-7,10-14H2,1-4H3. The molecule has 0 amide bonds. The van der Waals surface area contributed by atoms with Crippen LogP contribution in [0.4, 0.5) is 0 Å². The molecule has 0 heterocycles. The molecule has 0 nitrogen and oxygen atoms in total. The minimum atomic E-state index is 0.492. The minimum Gasteiger partial charge on any atom is -0.0805 e. The van der Waals surface area contributed by atoms with Crippen LogP contribution in [0.5, 0.6) is 0 Å². The summed E-state index contributed by atoms with van der Waals surface area (Å²) >= 11 is 0. The van der Waals surface area contributed by atoms with E-state index in [0.717, 1.165) is 6.42 Å². The highest BCUT2D eigenvalue weighted by molar-refractivity contribution is 5.33. The van der Waals surface area contributed by atoms with Gasteiger partial charge in [-0.25, -0.2) is 0 Å². The third-order valence-corrected chi connectivity index (χ3v) is 5.39. The van der Waals surface area contributed by atoms with E-state index in [1.54, 1.807) is 11.1 Å². The van der Waals surface area contributed by atoms with Gasteiger partial charge in [-0.1, -0.05) is 46.6 Å². The molecular weight excluding hydrogens is 216 g/mol. The predicted octanol–water partition coefficient (Wildman–Crippen LogP) is 5.84. The summed E-state index contributed by atoms with van der Waals surface area (Å²) in [4.78, 5) is 0. The fourth-order valence-corrected chi connectivity index (χ4v) is 3.52. The van der Waals surface area contributed by atoms with E-state index in [1.807, 2.05) is 0 Å². The van der Waals surface area contributed by atoms with Crippen molar-refractivity contribution in [3.63, 3.8) is 0 Å². The molecule has 0 saturated heterocycles. The molecule has 0 aromatic heterocycles. The van der Waals surface area contributed by atoms with Crippen LogP contribution in [-0.4, -0.2) is 0 Å². The van der Waals surface area contributed by atoms with E-state index in [1.165, 1.54) is 44.9 Å². The lowest BCUT2D eigenvalue weighted by atomic mass is 9.68. The van der Waals surface area contributed by atoms with Gasteiger partial charge < -0.3 is 0 Å². The SMILES string of the molecule is CCC1(CC)CC=C(C2=[C]CCC(C)(C)C2)CC1. The van der Waals surface area contributed by atoms with Crippen LogP contribution in [0.15, 0.2) is 17.2 Å². The molecule has 1 radical (unpaired) electrons. The Morgan fingerprint density at radius 2 is 1.89 bits per heavy atom. The Labute approximate surface area is 114 Å². The molecule has 2 aliphatic rings. The highest BCUT2D eigenvalue weighted by Crippen LogP contribution is 2.45. The van der Waals surface area contributed by atoms with Crippen molar-refractivity contribution in [3.8, 4) is 0 Å². The molecule has 0 saturated carbocycles. The number of hydrogen-bond acceptors (Lipinski definition) is 0. The Kier molecular flexibility index (Phi) is 4.04. The fourth-order valence-electron chi connectivity index (χ4n) is 3.52. The lowest BCUT2D eigenvalue weighted by molar-refractivity contribution is 0.230. The van der Waals surface area contributed by atoms with Crippen molar-refractivity contribution in [2.24, 2.45) is 10.8 Å². The van der Waals surface area contributed by atoms with Crippen LogP contribution >= 0.6 is 0 Å².